The summed E-state index contributed by atoms with van der Waals surface area (Å²) in [4.78, 5) is 0. The lowest BCUT2D eigenvalue weighted by molar-refractivity contribution is 0.413. The van der Waals surface area contributed by atoms with Crippen LogP contribution in [0.25, 0.3) is 0 Å². The molecule has 0 unspecified atom stereocenters. The predicted molar refractivity (Wildman–Crippen MR) is 71.7 cm³/mol. The molecule has 0 heterocycles. The maximum Gasteiger partial charge on any atom is 0.144 e. The second-order valence-corrected chi connectivity index (χ2v) is 4.35. The van der Waals surface area contributed by atoms with Gasteiger partial charge in [0.15, 0.2) is 0 Å². The average molecular weight is 284 g/mol. The van der Waals surface area contributed by atoms with Crippen molar-refractivity contribution in [2.45, 2.75) is 6.54 Å². The quantitative estimate of drug-likeness (QED) is 0.906. The number of methoxy groups -OCH3 is 1. The molecule has 0 radical (unpaired) electrons. The zero-order valence-electron chi connectivity index (χ0n) is 10.2. The van der Waals surface area contributed by atoms with E-state index in [1.807, 2.05) is 0 Å². The summed E-state index contributed by atoms with van der Waals surface area (Å²) < 4.78 is 31.4. The molecule has 2 rings (SSSR count). The molecule has 19 heavy (non-hydrogen) atoms. The van der Waals surface area contributed by atoms with Gasteiger partial charge in [0.2, 0.25) is 0 Å². The molecule has 0 amide bonds. The molecular weight excluding hydrogens is 272 g/mol. The van der Waals surface area contributed by atoms with Crippen molar-refractivity contribution < 1.29 is 13.5 Å². The van der Waals surface area contributed by atoms with Crippen molar-refractivity contribution in [3.05, 3.63) is 58.6 Å². The zero-order valence-corrected chi connectivity index (χ0v) is 11.0. The average Bonchev–Trinajstić information content (AvgIpc) is 2.41. The van der Waals surface area contributed by atoms with E-state index in [9.17, 15) is 8.78 Å². The number of benzene rings is 2. The van der Waals surface area contributed by atoms with Crippen LogP contribution in [0.3, 0.4) is 0 Å². The van der Waals surface area contributed by atoms with Crippen LogP contribution in [0, 0.1) is 11.6 Å². The van der Waals surface area contributed by atoms with Crippen molar-refractivity contribution in [1.29, 1.82) is 0 Å². The van der Waals surface area contributed by atoms with Crippen molar-refractivity contribution in [2.75, 3.05) is 12.4 Å². The number of hydrogen-bond donors (Lipinski definition) is 1. The lowest BCUT2D eigenvalue weighted by Gasteiger charge is -2.11. The normalized spacial score (nSPS) is 10.3. The number of nitrogens with one attached hydrogen (secondary N) is 1. The Bertz CT molecular complexity index is 590. The van der Waals surface area contributed by atoms with E-state index in [0.29, 0.717) is 18.0 Å². The Labute approximate surface area is 115 Å². The highest BCUT2D eigenvalue weighted by atomic mass is 35.5. The van der Waals surface area contributed by atoms with Gasteiger partial charge in [-0.1, -0.05) is 17.7 Å². The van der Waals surface area contributed by atoms with Crippen LogP contribution in [0.2, 0.25) is 5.02 Å². The molecule has 5 heteroatoms. The highest BCUT2D eigenvalue weighted by molar-refractivity contribution is 6.30. The van der Waals surface area contributed by atoms with Gasteiger partial charge in [0.1, 0.15) is 17.4 Å². The largest absolute Gasteiger partial charge is 0.494 e. The molecule has 2 aromatic rings. The van der Waals surface area contributed by atoms with Crippen LogP contribution < -0.4 is 10.1 Å². The Morgan fingerprint density at radius 1 is 1.16 bits per heavy atom. The second-order valence-electron chi connectivity index (χ2n) is 3.95. The second kappa shape index (κ2) is 5.89. The Hall–Kier alpha value is -1.81. The van der Waals surface area contributed by atoms with Crippen molar-refractivity contribution in [1.82, 2.24) is 0 Å². The van der Waals surface area contributed by atoms with Crippen molar-refractivity contribution in [2.24, 2.45) is 0 Å². The van der Waals surface area contributed by atoms with Crippen molar-refractivity contribution in [3.8, 4) is 5.75 Å². The maximum absolute atomic E-state index is 13.3. The molecule has 0 aliphatic carbocycles. The summed E-state index contributed by atoms with van der Waals surface area (Å²) in [5, 5.41) is 3.14. The van der Waals surface area contributed by atoms with Crippen LogP contribution in [0.5, 0.6) is 5.75 Å². The summed E-state index contributed by atoms with van der Waals surface area (Å²) in [7, 11) is 1.46. The molecule has 0 fully saturated rings. The van der Waals surface area contributed by atoms with Gasteiger partial charge < -0.3 is 10.1 Å². The maximum atomic E-state index is 13.3. The number of halogens is 3. The molecule has 100 valence electrons. The number of anilines is 1. The van der Waals surface area contributed by atoms with Gasteiger partial charge in [0.05, 0.1) is 17.8 Å². The van der Waals surface area contributed by atoms with Crippen LogP contribution in [0.4, 0.5) is 14.5 Å². The topological polar surface area (TPSA) is 21.3 Å². The Kier molecular flexibility index (Phi) is 4.22. The SMILES string of the molecule is COc1cc(F)ccc1NCc1ccc(Cl)c(F)c1. The first-order valence-electron chi connectivity index (χ1n) is 5.61. The summed E-state index contributed by atoms with van der Waals surface area (Å²) >= 11 is 5.61. The summed E-state index contributed by atoms with van der Waals surface area (Å²) in [5.41, 5.74) is 1.37. The van der Waals surface area contributed by atoms with Gasteiger partial charge in [0, 0.05) is 12.6 Å². The van der Waals surface area contributed by atoms with E-state index in [1.54, 1.807) is 12.1 Å². The van der Waals surface area contributed by atoms with E-state index < -0.39 is 5.82 Å². The van der Waals surface area contributed by atoms with E-state index >= 15 is 0 Å². The molecular formula is C14H12ClF2NO. The first kappa shape index (κ1) is 13.6. The van der Waals surface area contributed by atoms with E-state index in [0.717, 1.165) is 5.56 Å². The molecule has 0 aromatic heterocycles. The predicted octanol–water partition coefficient (Wildman–Crippen LogP) is 4.24. The van der Waals surface area contributed by atoms with Crippen LogP contribution in [0.1, 0.15) is 5.56 Å². The van der Waals surface area contributed by atoms with E-state index in [2.05, 4.69) is 5.32 Å². The lowest BCUT2D eigenvalue weighted by atomic mass is 10.2. The first-order valence-corrected chi connectivity index (χ1v) is 5.99. The third-order valence-electron chi connectivity index (χ3n) is 2.63. The van der Waals surface area contributed by atoms with E-state index in [-0.39, 0.29) is 10.8 Å². The van der Waals surface area contributed by atoms with Gasteiger partial charge in [-0.25, -0.2) is 8.78 Å². The molecule has 2 nitrogen and oxygen atoms in total. The Balaban J connectivity index is 2.12. The monoisotopic (exact) mass is 283 g/mol. The molecule has 0 atom stereocenters. The zero-order chi connectivity index (χ0) is 13.8. The minimum absolute atomic E-state index is 0.0862. The molecule has 0 bridgehead atoms. The molecule has 0 aliphatic rings. The molecule has 0 saturated carbocycles. The fourth-order valence-corrected chi connectivity index (χ4v) is 1.78. The van der Waals surface area contributed by atoms with Crippen LogP contribution >= 0.6 is 11.6 Å². The minimum Gasteiger partial charge on any atom is -0.494 e. The Morgan fingerprint density at radius 3 is 2.63 bits per heavy atom. The molecule has 2 aromatic carbocycles. The standard InChI is InChI=1S/C14H12ClF2NO/c1-19-14-7-10(16)3-5-13(14)18-8-9-2-4-11(15)12(17)6-9/h2-7,18H,8H2,1H3. The number of hydrogen-bond acceptors (Lipinski definition) is 2. The van der Waals surface area contributed by atoms with Crippen LogP contribution in [0.15, 0.2) is 36.4 Å². The number of rotatable bonds is 4. The molecule has 0 aliphatic heterocycles. The van der Waals surface area contributed by atoms with Gasteiger partial charge >= 0.3 is 0 Å². The third kappa shape index (κ3) is 3.35. The fraction of sp³-hybridized carbons (Fsp3) is 0.143. The van der Waals surface area contributed by atoms with Gasteiger partial charge in [-0.15, -0.1) is 0 Å². The van der Waals surface area contributed by atoms with Crippen LogP contribution in [-0.4, -0.2) is 7.11 Å². The lowest BCUT2D eigenvalue weighted by Crippen LogP contribution is -2.02. The minimum atomic E-state index is -0.466. The molecule has 1 N–H and O–H groups in total. The number of ether oxygens (including phenoxy) is 1. The van der Waals surface area contributed by atoms with Gasteiger partial charge in [-0.3, -0.25) is 0 Å². The van der Waals surface area contributed by atoms with Crippen molar-refractivity contribution in [3.63, 3.8) is 0 Å². The van der Waals surface area contributed by atoms with Gasteiger partial charge in [-0.2, -0.15) is 0 Å². The summed E-state index contributed by atoms with van der Waals surface area (Å²) in [5.74, 6) is -0.443. The first-order chi connectivity index (χ1) is 9.10. The molecule has 0 spiro atoms. The highest BCUT2D eigenvalue weighted by Crippen LogP contribution is 2.25. The van der Waals surface area contributed by atoms with Gasteiger partial charge in [0.25, 0.3) is 0 Å². The molecule has 0 saturated heterocycles. The third-order valence-corrected chi connectivity index (χ3v) is 2.94. The smallest absolute Gasteiger partial charge is 0.144 e. The highest BCUT2D eigenvalue weighted by Gasteiger charge is 2.05. The summed E-state index contributed by atoms with van der Waals surface area (Å²) in [6, 6.07) is 8.74. The summed E-state index contributed by atoms with van der Waals surface area (Å²) in [6.07, 6.45) is 0. The Morgan fingerprint density at radius 2 is 1.95 bits per heavy atom. The van der Waals surface area contributed by atoms with E-state index in [4.69, 9.17) is 16.3 Å². The van der Waals surface area contributed by atoms with Gasteiger partial charge in [-0.05, 0) is 29.8 Å². The van der Waals surface area contributed by atoms with E-state index in [1.165, 1.54) is 31.4 Å². The van der Waals surface area contributed by atoms with Crippen LogP contribution in [-0.2, 0) is 6.54 Å². The van der Waals surface area contributed by atoms with Crippen molar-refractivity contribution >= 4 is 17.3 Å². The summed E-state index contributed by atoms with van der Waals surface area (Å²) in [6.45, 7) is 0.385. The fourth-order valence-electron chi connectivity index (χ4n) is 1.66.